The molecule has 176 valence electrons. The first kappa shape index (κ1) is 26.6. The summed E-state index contributed by atoms with van der Waals surface area (Å²) in [7, 11) is 0. The molecule has 0 aliphatic carbocycles. The molecule has 0 saturated carbocycles. The molecule has 0 heterocycles. The molecule has 0 spiro atoms. The van der Waals surface area contributed by atoms with Crippen molar-refractivity contribution in [1.82, 2.24) is 0 Å². The number of halogens is 13. The standard InChI is InChI=1S/C16H10F13NO/c1-8(31)30-10-5-3-2-4-9(10)6-7-11(17,18)12(19,20)13(21,22)14(23,24)15(25,26)16(27,28)29/h2-7H,1H3,(H,30,31)/b7-6+. The van der Waals surface area contributed by atoms with Crippen molar-refractivity contribution >= 4 is 17.7 Å². The second-order valence-electron chi connectivity index (χ2n) is 6.02. The maximum absolute atomic E-state index is 13.7. The van der Waals surface area contributed by atoms with E-state index in [1.165, 1.54) is 6.07 Å². The molecule has 1 aromatic carbocycles. The third-order valence-corrected chi connectivity index (χ3v) is 3.70. The van der Waals surface area contributed by atoms with E-state index in [4.69, 9.17) is 0 Å². The number of para-hydroxylation sites is 1. The molecule has 15 heteroatoms. The first-order chi connectivity index (χ1) is 13.6. The molecule has 0 aromatic heterocycles. The smallest absolute Gasteiger partial charge is 0.326 e. The number of alkyl halides is 13. The second kappa shape index (κ2) is 7.89. The second-order valence-corrected chi connectivity index (χ2v) is 6.02. The highest BCUT2D eigenvalue weighted by atomic mass is 19.4. The van der Waals surface area contributed by atoms with Crippen molar-refractivity contribution in [3.05, 3.63) is 35.9 Å². The van der Waals surface area contributed by atoms with Crippen molar-refractivity contribution in [2.75, 3.05) is 5.32 Å². The first-order valence-electron chi connectivity index (χ1n) is 7.65. The molecular formula is C16H10F13NO. The highest BCUT2D eigenvalue weighted by molar-refractivity contribution is 5.91. The fraction of sp³-hybridized carbons (Fsp3) is 0.438. The van der Waals surface area contributed by atoms with E-state index < -0.39 is 53.3 Å². The summed E-state index contributed by atoms with van der Waals surface area (Å²) in [4.78, 5) is 11.0. The first-order valence-corrected chi connectivity index (χ1v) is 7.65. The summed E-state index contributed by atoms with van der Waals surface area (Å²) in [6.07, 6.45) is -8.60. The van der Waals surface area contributed by atoms with Crippen molar-refractivity contribution in [2.45, 2.75) is 42.7 Å². The predicted molar refractivity (Wildman–Crippen MR) is 80.6 cm³/mol. The SMILES string of the molecule is CC(=O)Nc1ccccc1/C=C/C(F)(F)C(F)(F)C(F)(F)C(F)(F)C(F)(F)C(F)(F)F. The fourth-order valence-electron chi connectivity index (χ4n) is 2.03. The number of rotatable bonds is 7. The van der Waals surface area contributed by atoms with Gasteiger partial charge in [0.2, 0.25) is 5.91 Å². The monoisotopic (exact) mass is 479 g/mol. The van der Waals surface area contributed by atoms with E-state index in [-0.39, 0.29) is 11.8 Å². The van der Waals surface area contributed by atoms with Gasteiger partial charge in [0.05, 0.1) is 0 Å². The average molecular weight is 479 g/mol. The highest BCUT2D eigenvalue weighted by Crippen LogP contribution is 2.60. The van der Waals surface area contributed by atoms with E-state index in [0.29, 0.717) is 0 Å². The van der Waals surface area contributed by atoms with Gasteiger partial charge in [-0.05, 0) is 17.7 Å². The van der Waals surface area contributed by atoms with Crippen molar-refractivity contribution in [1.29, 1.82) is 0 Å². The van der Waals surface area contributed by atoms with E-state index >= 15 is 0 Å². The van der Waals surface area contributed by atoms with Crippen LogP contribution in [0.15, 0.2) is 30.3 Å². The Morgan fingerprint density at radius 1 is 0.742 bits per heavy atom. The molecule has 0 bridgehead atoms. The number of hydrogen-bond donors (Lipinski definition) is 1. The quantitative estimate of drug-likeness (QED) is 0.451. The summed E-state index contributed by atoms with van der Waals surface area (Å²) in [6.45, 7) is 0.937. The highest BCUT2D eigenvalue weighted by Gasteiger charge is 2.90. The number of nitrogens with one attached hydrogen (secondary N) is 1. The molecule has 1 amide bonds. The summed E-state index contributed by atoms with van der Waals surface area (Å²) in [6, 6.07) is 4.21. The molecule has 1 rings (SSSR count). The molecule has 0 aliphatic heterocycles. The van der Waals surface area contributed by atoms with Crippen molar-refractivity contribution in [3.63, 3.8) is 0 Å². The number of hydrogen-bond acceptors (Lipinski definition) is 1. The molecule has 0 radical (unpaired) electrons. The van der Waals surface area contributed by atoms with Gasteiger partial charge >= 0.3 is 35.8 Å². The van der Waals surface area contributed by atoms with Gasteiger partial charge in [0.25, 0.3) is 0 Å². The van der Waals surface area contributed by atoms with E-state index in [2.05, 4.69) is 0 Å². The lowest BCUT2D eigenvalue weighted by Crippen LogP contribution is -2.69. The van der Waals surface area contributed by atoms with E-state index in [0.717, 1.165) is 25.1 Å². The predicted octanol–water partition coefficient (Wildman–Crippen LogP) is 6.40. The number of benzene rings is 1. The molecule has 0 atom stereocenters. The summed E-state index contributed by atoms with van der Waals surface area (Å²) in [5.74, 6) is -38.1. The van der Waals surface area contributed by atoms with Crippen LogP contribution in [0.2, 0.25) is 0 Å². The van der Waals surface area contributed by atoms with Crippen LogP contribution in [0.3, 0.4) is 0 Å². The number of carbonyl (C=O) groups excluding carboxylic acids is 1. The minimum Gasteiger partial charge on any atom is -0.326 e. The molecule has 1 N–H and O–H groups in total. The van der Waals surface area contributed by atoms with Crippen molar-refractivity contribution in [2.24, 2.45) is 0 Å². The molecule has 2 nitrogen and oxygen atoms in total. The molecule has 0 unspecified atom stereocenters. The number of anilines is 1. The lowest BCUT2D eigenvalue weighted by atomic mass is 9.93. The van der Waals surface area contributed by atoms with Gasteiger partial charge in [-0.3, -0.25) is 4.79 Å². The van der Waals surface area contributed by atoms with Crippen LogP contribution in [0.25, 0.3) is 6.08 Å². The topological polar surface area (TPSA) is 29.1 Å². The average Bonchev–Trinajstić information content (AvgIpc) is 2.58. The van der Waals surface area contributed by atoms with Crippen LogP contribution < -0.4 is 5.32 Å². The summed E-state index contributed by atoms with van der Waals surface area (Å²) in [5, 5.41) is 2.02. The van der Waals surface area contributed by atoms with Gasteiger partial charge in [-0.15, -0.1) is 0 Å². The molecule has 1 aromatic rings. The van der Waals surface area contributed by atoms with Crippen molar-refractivity contribution in [3.8, 4) is 0 Å². The van der Waals surface area contributed by atoms with Crippen LogP contribution >= 0.6 is 0 Å². The Labute approximate surface area is 164 Å². The van der Waals surface area contributed by atoms with E-state index in [1.807, 2.05) is 5.32 Å². The summed E-state index contributed by atoms with van der Waals surface area (Å²) in [5.41, 5.74) is -0.866. The van der Waals surface area contributed by atoms with Crippen LogP contribution in [-0.4, -0.2) is 41.7 Å². The molecule has 0 fully saturated rings. The van der Waals surface area contributed by atoms with E-state index in [9.17, 15) is 61.9 Å². The largest absolute Gasteiger partial charge is 0.460 e. The van der Waals surface area contributed by atoms with Crippen LogP contribution in [0.1, 0.15) is 12.5 Å². The zero-order chi connectivity index (χ0) is 24.7. The maximum Gasteiger partial charge on any atom is 0.460 e. The Kier molecular flexibility index (Phi) is 6.76. The Morgan fingerprint density at radius 2 is 1.19 bits per heavy atom. The maximum atomic E-state index is 13.7. The molecule has 0 aliphatic rings. The normalized spacial score (nSPS) is 14.8. The zero-order valence-electron chi connectivity index (χ0n) is 14.8. The van der Waals surface area contributed by atoms with Crippen LogP contribution in [0.5, 0.6) is 0 Å². The number of allylic oxidation sites excluding steroid dienone is 1. The Morgan fingerprint density at radius 3 is 1.65 bits per heavy atom. The zero-order valence-corrected chi connectivity index (χ0v) is 14.8. The molecule has 31 heavy (non-hydrogen) atoms. The third kappa shape index (κ3) is 4.44. The molecular weight excluding hydrogens is 469 g/mol. The number of amides is 1. The van der Waals surface area contributed by atoms with Crippen LogP contribution in [0, 0.1) is 0 Å². The number of carbonyl (C=O) groups is 1. The van der Waals surface area contributed by atoms with E-state index in [1.54, 1.807) is 0 Å². The Balaban J connectivity index is 3.45. The minimum absolute atomic E-state index is 0.0463. The summed E-state index contributed by atoms with van der Waals surface area (Å²) < 4.78 is 169. The van der Waals surface area contributed by atoms with Gasteiger partial charge in [-0.1, -0.05) is 24.3 Å². The van der Waals surface area contributed by atoms with Gasteiger partial charge in [-0.2, -0.15) is 57.1 Å². The van der Waals surface area contributed by atoms with Gasteiger partial charge in [-0.25, -0.2) is 0 Å². The Bertz CT molecular complexity index is 842. The summed E-state index contributed by atoms with van der Waals surface area (Å²) >= 11 is 0. The van der Waals surface area contributed by atoms with Crippen LogP contribution in [-0.2, 0) is 4.79 Å². The fourth-order valence-corrected chi connectivity index (χ4v) is 2.03. The lowest BCUT2D eigenvalue weighted by molar-refractivity contribution is -0.436. The Hall–Kier alpha value is -2.48. The van der Waals surface area contributed by atoms with Crippen LogP contribution in [0.4, 0.5) is 62.8 Å². The van der Waals surface area contributed by atoms with Gasteiger partial charge in [0.15, 0.2) is 0 Å². The lowest BCUT2D eigenvalue weighted by Gasteiger charge is -2.39. The third-order valence-electron chi connectivity index (χ3n) is 3.70. The van der Waals surface area contributed by atoms with Gasteiger partial charge in [0.1, 0.15) is 0 Å². The van der Waals surface area contributed by atoms with Crippen molar-refractivity contribution < 1.29 is 61.9 Å². The van der Waals surface area contributed by atoms with Gasteiger partial charge < -0.3 is 5.32 Å². The minimum atomic E-state index is -7.95. The van der Waals surface area contributed by atoms with Gasteiger partial charge in [0, 0.05) is 12.6 Å². The molecule has 0 saturated heterocycles.